The maximum absolute atomic E-state index is 11.2. The fourth-order valence-electron chi connectivity index (χ4n) is 1.67. The van der Waals surface area contributed by atoms with E-state index >= 15 is 0 Å². The van der Waals surface area contributed by atoms with Crippen molar-refractivity contribution in [3.63, 3.8) is 0 Å². The average molecular weight is 290 g/mol. The zero-order valence-corrected chi connectivity index (χ0v) is 11.9. The van der Waals surface area contributed by atoms with Gasteiger partial charge in [0, 0.05) is 6.54 Å². The number of rotatable bonds is 6. The lowest BCUT2D eigenvalue weighted by atomic mass is 9.99. The van der Waals surface area contributed by atoms with Gasteiger partial charge < -0.3 is 10.4 Å². The van der Waals surface area contributed by atoms with Crippen molar-refractivity contribution in [2.24, 2.45) is 5.92 Å². The topological polar surface area (TPSA) is 49.3 Å². The van der Waals surface area contributed by atoms with Crippen LogP contribution in [-0.4, -0.2) is 17.1 Å². The molecule has 0 saturated heterocycles. The first kappa shape index (κ1) is 15.3. The van der Waals surface area contributed by atoms with Crippen LogP contribution in [0.5, 0.6) is 0 Å². The van der Waals surface area contributed by atoms with Gasteiger partial charge in [0.15, 0.2) is 0 Å². The summed E-state index contributed by atoms with van der Waals surface area (Å²) in [7, 11) is 0. The van der Waals surface area contributed by atoms with Crippen molar-refractivity contribution in [1.29, 1.82) is 0 Å². The number of hydrogen-bond donors (Lipinski definition) is 2. The van der Waals surface area contributed by atoms with Crippen LogP contribution in [0, 0.1) is 5.92 Å². The molecule has 0 radical (unpaired) electrons. The smallest absolute Gasteiger partial charge is 0.320 e. The summed E-state index contributed by atoms with van der Waals surface area (Å²) in [6.45, 7) is 4.26. The molecule has 1 rings (SSSR count). The minimum atomic E-state index is -0.845. The van der Waals surface area contributed by atoms with Gasteiger partial charge in [-0.2, -0.15) is 0 Å². The van der Waals surface area contributed by atoms with E-state index < -0.39 is 12.0 Å². The molecule has 0 heterocycles. The molecule has 0 aliphatic heterocycles. The first-order valence-electron chi connectivity index (χ1n) is 5.86. The fourth-order valence-corrected chi connectivity index (χ4v) is 2.06. The van der Waals surface area contributed by atoms with Crippen molar-refractivity contribution in [1.82, 2.24) is 5.32 Å². The Hall–Kier alpha value is -0.770. The first-order valence-corrected chi connectivity index (χ1v) is 6.62. The molecule has 0 fully saturated rings. The number of carboxylic acid groups (broad SMARTS) is 1. The van der Waals surface area contributed by atoms with Gasteiger partial charge >= 0.3 is 5.97 Å². The Labute approximate surface area is 117 Å². The summed E-state index contributed by atoms with van der Waals surface area (Å²) in [5.41, 5.74) is 0.804. The van der Waals surface area contributed by atoms with Crippen LogP contribution in [0.4, 0.5) is 0 Å². The number of carboxylic acids is 1. The molecule has 100 valence electrons. The Morgan fingerprint density at radius 3 is 2.67 bits per heavy atom. The predicted octanol–water partition coefficient (Wildman–Crippen LogP) is 3.58. The maximum atomic E-state index is 11.2. The number of nitrogens with one attached hydrogen (secondary N) is 1. The van der Waals surface area contributed by atoms with Gasteiger partial charge in [-0.3, -0.25) is 4.79 Å². The van der Waals surface area contributed by atoms with Crippen LogP contribution >= 0.6 is 23.2 Å². The largest absolute Gasteiger partial charge is 0.480 e. The Morgan fingerprint density at radius 2 is 2.11 bits per heavy atom. The lowest BCUT2D eigenvalue weighted by Gasteiger charge is -2.20. The summed E-state index contributed by atoms with van der Waals surface area (Å²) < 4.78 is 0. The first-order chi connectivity index (χ1) is 8.47. The van der Waals surface area contributed by atoms with Crippen molar-refractivity contribution >= 4 is 29.2 Å². The summed E-state index contributed by atoms with van der Waals surface area (Å²) >= 11 is 12.0. The molecule has 0 bridgehead atoms. The molecule has 0 aliphatic carbocycles. The Bertz CT molecular complexity index is 423. The van der Waals surface area contributed by atoms with Gasteiger partial charge in [0.25, 0.3) is 0 Å². The number of halogens is 2. The van der Waals surface area contributed by atoms with E-state index in [1.807, 2.05) is 19.9 Å². The molecule has 0 aliphatic rings. The van der Waals surface area contributed by atoms with Crippen LogP contribution < -0.4 is 5.32 Å². The summed E-state index contributed by atoms with van der Waals surface area (Å²) in [6.07, 6.45) is 0.799. The standard InChI is InChI=1S/C13H17Cl2NO2/c1-3-8(2)12(13(17)18)16-7-9-5-4-6-10(14)11(9)15/h4-6,8,12,16H,3,7H2,1-2H3,(H,17,18)/t8-,12-/m0/s1. The molecular weight excluding hydrogens is 273 g/mol. The number of aliphatic carboxylic acids is 1. The van der Waals surface area contributed by atoms with Crippen molar-refractivity contribution in [3.05, 3.63) is 33.8 Å². The van der Waals surface area contributed by atoms with Crippen molar-refractivity contribution in [3.8, 4) is 0 Å². The molecule has 2 atom stereocenters. The van der Waals surface area contributed by atoms with Gasteiger partial charge in [0.2, 0.25) is 0 Å². The highest BCUT2D eigenvalue weighted by atomic mass is 35.5. The summed E-state index contributed by atoms with van der Waals surface area (Å²) in [5.74, 6) is -0.789. The van der Waals surface area contributed by atoms with Crippen molar-refractivity contribution < 1.29 is 9.90 Å². The Kier molecular flexibility index (Phi) is 5.93. The molecule has 0 unspecified atom stereocenters. The molecular formula is C13H17Cl2NO2. The van der Waals surface area contributed by atoms with E-state index in [-0.39, 0.29) is 5.92 Å². The number of carbonyl (C=O) groups is 1. The third-order valence-corrected chi connectivity index (χ3v) is 3.88. The van der Waals surface area contributed by atoms with Gasteiger partial charge in [-0.1, -0.05) is 55.6 Å². The van der Waals surface area contributed by atoms with E-state index in [1.54, 1.807) is 12.1 Å². The van der Waals surface area contributed by atoms with E-state index in [2.05, 4.69) is 5.32 Å². The monoisotopic (exact) mass is 289 g/mol. The Morgan fingerprint density at radius 1 is 1.44 bits per heavy atom. The number of hydrogen-bond acceptors (Lipinski definition) is 2. The molecule has 18 heavy (non-hydrogen) atoms. The molecule has 0 amide bonds. The lowest BCUT2D eigenvalue weighted by Crippen LogP contribution is -2.41. The van der Waals surface area contributed by atoms with Gasteiger partial charge in [-0.15, -0.1) is 0 Å². The lowest BCUT2D eigenvalue weighted by molar-refractivity contribution is -0.140. The fraction of sp³-hybridized carbons (Fsp3) is 0.462. The molecule has 2 N–H and O–H groups in total. The van der Waals surface area contributed by atoms with Gasteiger partial charge in [0.05, 0.1) is 10.0 Å². The molecule has 3 nitrogen and oxygen atoms in total. The predicted molar refractivity (Wildman–Crippen MR) is 74.2 cm³/mol. The molecule has 1 aromatic carbocycles. The Balaban J connectivity index is 2.73. The highest BCUT2D eigenvalue weighted by Crippen LogP contribution is 2.25. The molecule has 0 aromatic heterocycles. The summed E-state index contributed by atoms with van der Waals surface area (Å²) in [4.78, 5) is 11.2. The normalized spacial score (nSPS) is 14.2. The average Bonchev–Trinajstić information content (AvgIpc) is 2.33. The van der Waals surface area contributed by atoms with E-state index in [1.165, 1.54) is 0 Å². The van der Waals surface area contributed by atoms with Gasteiger partial charge in [-0.25, -0.2) is 0 Å². The molecule has 1 aromatic rings. The van der Waals surface area contributed by atoms with E-state index in [9.17, 15) is 4.79 Å². The second kappa shape index (κ2) is 6.98. The van der Waals surface area contributed by atoms with Gasteiger partial charge in [0.1, 0.15) is 6.04 Å². The van der Waals surface area contributed by atoms with Gasteiger partial charge in [-0.05, 0) is 17.5 Å². The maximum Gasteiger partial charge on any atom is 0.320 e. The quantitative estimate of drug-likeness (QED) is 0.842. The second-order valence-electron chi connectivity index (χ2n) is 4.30. The van der Waals surface area contributed by atoms with Crippen LogP contribution in [0.25, 0.3) is 0 Å². The minimum absolute atomic E-state index is 0.0560. The zero-order valence-electron chi connectivity index (χ0n) is 10.4. The van der Waals surface area contributed by atoms with Crippen LogP contribution in [0.1, 0.15) is 25.8 Å². The highest BCUT2D eigenvalue weighted by molar-refractivity contribution is 6.42. The third kappa shape index (κ3) is 3.87. The molecule has 0 spiro atoms. The second-order valence-corrected chi connectivity index (χ2v) is 5.08. The highest BCUT2D eigenvalue weighted by Gasteiger charge is 2.22. The van der Waals surface area contributed by atoms with E-state index in [4.69, 9.17) is 28.3 Å². The van der Waals surface area contributed by atoms with E-state index in [0.29, 0.717) is 16.6 Å². The van der Waals surface area contributed by atoms with E-state index in [0.717, 1.165) is 12.0 Å². The SMILES string of the molecule is CC[C@H](C)[C@H](NCc1cccc(Cl)c1Cl)C(=O)O. The molecule has 5 heteroatoms. The van der Waals surface area contributed by atoms with Crippen LogP contribution in [0.3, 0.4) is 0 Å². The zero-order chi connectivity index (χ0) is 13.7. The number of benzene rings is 1. The molecule has 0 saturated carbocycles. The minimum Gasteiger partial charge on any atom is -0.480 e. The van der Waals surface area contributed by atoms with Crippen LogP contribution in [-0.2, 0) is 11.3 Å². The van der Waals surface area contributed by atoms with Crippen molar-refractivity contribution in [2.45, 2.75) is 32.9 Å². The summed E-state index contributed by atoms with van der Waals surface area (Å²) in [5, 5.41) is 13.1. The third-order valence-electron chi connectivity index (χ3n) is 3.02. The van der Waals surface area contributed by atoms with Crippen LogP contribution in [0.2, 0.25) is 10.0 Å². The van der Waals surface area contributed by atoms with Crippen molar-refractivity contribution in [2.75, 3.05) is 0 Å². The summed E-state index contributed by atoms with van der Waals surface area (Å²) in [6, 6.07) is 4.75. The van der Waals surface area contributed by atoms with Crippen LogP contribution in [0.15, 0.2) is 18.2 Å².